The average molecular weight is 1530 g/mol. The molecule has 5 amide bonds. The number of nitrogens with one attached hydrogen (secondary N) is 3. The number of aliphatic carboxylic acids is 1. The highest BCUT2D eigenvalue weighted by atomic mass is 35.5. The van der Waals surface area contributed by atoms with Gasteiger partial charge in [0.05, 0.1) is 62.9 Å². The first kappa shape index (κ1) is 78.5. The number of carbonyl (C=O) groups excluding carboxylic acids is 5. The molecule has 4 aliphatic heterocycles. The summed E-state index contributed by atoms with van der Waals surface area (Å²) in [7, 11) is -5.20. The molecule has 28 heteroatoms. The Labute approximate surface area is 633 Å². The summed E-state index contributed by atoms with van der Waals surface area (Å²) in [6, 6.07) is 44.8. The number of pyridine rings is 2. The number of carboxylic acid groups (broad SMARTS) is 1. The van der Waals surface area contributed by atoms with E-state index in [1.807, 2.05) is 133 Å². The van der Waals surface area contributed by atoms with E-state index in [0.29, 0.717) is 59.4 Å². The number of rotatable bonds is 11. The van der Waals surface area contributed by atoms with Crippen molar-refractivity contribution in [1.29, 1.82) is 0 Å². The number of amides is 5. The number of para-hydroxylation sites is 2. The van der Waals surface area contributed by atoms with Gasteiger partial charge in [-0.05, 0) is 113 Å². The number of hydrogen-bond donors (Lipinski definition) is 5. The fraction of sp³-hybridized carbons (Fsp3) is 0.350. The van der Waals surface area contributed by atoms with E-state index >= 15 is 0 Å². The molecule has 0 radical (unpaired) electrons. The number of ether oxygens (including phenoxy) is 6. The van der Waals surface area contributed by atoms with Crippen LogP contribution in [-0.2, 0) is 48.8 Å². The Morgan fingerprint density at radius 2 is 1.01 bits per heavy atom. The first-order valence-electron chi connectivity index (χ1n) is 35.7. The zero-order chi connectivity index (χ0) is 75.6. The van der Waals surface area contributed by atoms with Crippen molar-refractivity contribution in [2.45, 2.75) is 136 Å². The van der Waals surface area contributed by atoms with Gasteiger partial charge in [0.25, 0.3) is 31.9 Å². The summed E-state index contributed by atoms with van der Waals surface area (Å²) in [6.45, 7) is 3.89. The smallest absolute Gasteiger partial charge is 0.326 e. The summed E-state index contributed by atoms with van der Waals surface area (Å²) in [6.07, 6.45) is 14.9. The lowest BCUT2D eigenvalue weighted by molar-refractivity contribution is -0.147. The molecule has 6 aliphatic rings. The highest BCUT2D eigenvalue weighted by Crippen LogP contribution is 2.47. The van der Waals surface area contributed by atoms with E-state index in [-0.39, 0.29) is 83.8 Å². The monoisotopic (exact) mass is 1530 g/mol. The highest BCUT2D eigenvalue weighted by molar-refractivity contribution is 7.90. The molecular weight excluding hydrogens is 1440 g/mol. The molecule has 6 aromatic carbocycles. The number of benzene rings is 6. The molecule has 2 saturated carbocycles. The minimum atomic E-state index is -4.36. The van der Waals surface area contributed by atoms with Crippen molar-refractivity contribution in [3.8, 4) is 57.0 Å². The molecule has 0 spiro atoms. The maximum Gasteiger partial charge on any atom is 0.326 e. The molecule has 8 atom stereocenters. The van der Waals surface area contributed by atoms with E-state index in [2.05, 4.69) is 14.8 Å². The van der Waals surface area contributed by atoms with Crippen LogP contribution in [0.4, 0.5) is 0 Å². The van der Waals surface area contributed by atoms with E-state index in [4.69, 9.17) is 44.1 Å². The molecule has 25 nitrogen and oxygen atoms in total. The van der Waals surface area contributed by atoms with Gasteiger partial charge in [0.2, 0.25) is 17.7 Å². The van der Waals surface area contributed by atoms with Gasteiger partial charge in [-0.15, -0.1) is 12.4 Å². The Hall–Kier alpha value is -10.6. The standard InChI is InChI=1S/C40H42N4O8S.C23H22N2O5.C17H22N2O4S.ClH/c1-26(45)44-25-30(52-36-23-32(27-13-7-6-8-14-27)41-33-21-29(50-2)18-19-31(33)36)22-34(44)38(46)42-40-24-28(40)15-9-4-3-5-12-20-51-35-16-10-11-17-37(35)53(48,49)43-39(40)47;1-14(26)25-13-17(11-21(25)23(27)28)30-22-12-19(15-6-4-3-5-7-15)24-20-10-16(29-2)8-9-18(20)22;18-17-12-13(17)8-4-2-1-3-7-11-23-14-9-5-6-10-15(14)24(21,22)19-16(17)20;/h6-11,13-19,21,23,28,30,34H,3-5,12,20,22,24-25H2,1-2H3,(H,42,46)(H,43,47);3-10,12,17,21H,11,13H2,1-2H3,(H,27,28);4-6,8-10,13H,1-3,7,11-12,18H2,(H,19,20);1H/b15-9+;;8-4+;/t28-,30-,34+,40-;17-,21+;13-,17-;/m111./s1. The zero-order valence-corrected chi connectivity index (χ0v) is 62.6. The number of likely N-dealkylation sites (tertiary alicyclic amines) is 2. The lowest BCUT2D eigenvalue weighted by Gasteiger charge is -2.25. The summed E-state index contributed by atoms with van der Waals surface area (Å²) in [5.41, 5.74) is 8.01. The number of halogens is 1. The number of nitrogens with zero attached hydrogens (tertiary/aromatic N) is 4. The van der Waals surface area contributed by atoms with E-state index in [1.165, 1.54) is 35.8 Å². The number of hydrogen-bond acceptors (Lipinski definition) is 19. The van der Waals surface area contributed by atoms with Gasteiger partial charge >= 0.3 is 5.97 Å². The summed E-state index contributed by atoms with van der Waals surface area (Å²) < 4.78 is 91.6. The van der Waals surface area contributed by atoms with Gasteiger partial charge < -0.3 is 54.4 Å². The van der Waals surface area contributed by atoms with Crippen molar-refractivity contribution >= 4 is 89.8 Å². The number of sulfonamides is 2. The predicted molar refractivity (Wildman–Crippen MR) is 407 cm³/mol. The van der Waals surface area contributed by atoms with Crippen LogP contribution >= 0.6 is 12.4 Å². The van der Waals surface area contributed by atoms with Gasteiger partial charge in [0.15, 0.2) is 0 Å². The molecule has 0 bridgehead atoms. The Balaban J connectivity index is 0.000000178. The molecule has 0 unspecified atom stereocenters. The summed E-state index contributed by atoms with van der Waals surface area (Å²) in [4.78, 5) is 89.0. The number of methoxy groups -OCH3 is 2. The lowest BCUT2D eigenvalue weighted by Crippen LogP contribution is -2.56. The second kappa shape index (κ2) is 34.1. The van der Waals surface area contributed by atoms with Gasteiger partial charge in [0.1, 0.15) is 79.7 Å². The second-order valence-corrected chi connectivity index (χ2v) is 30.6. The molecule has 6 heterocycles. The predicted octanol–water partition coefficient (Wildman–Crippen LogP) is 10.7. The van der Waals surface area contributed by atoms with Crippen LogP contribution in [0.3, 0.4) is 0 Å². The zero-order valence-electron chi connectivity index (χ0n) is 60.2. The van der Waals surface area contributed by atoms with Gasteiger partial charge in [0, 0.05) is 84.7 Å². The third-order valence-corrected chi connectivity index (χ3v) is 22.6. The van der Waals surface area contributed by atoms with E-state index in [1.54, 1.807) is 50.6 Å². The number of carbonyl (C=O) groups is 6. The quantitative estimate of drug-likeness (QED) is 0.0751. The summed E-state index contributed by atoms with van der Waals surface area (Å²) >= 11 is 0. The van der Waals surface area contributed by atoms with Crippen molar-refractivity contribution in [3.63, 3.8) is 0 Å². The lowest BCUT2D eigenvalue weighted by atomic mass is 10.1. The largest absolute Gasteiger partial charge is 0.497 e. The Morgan fingerprint density at radius 1 is 0.565 bits per heavy atom. The third kappa shape index (κ3) is 18.2. The first-order valence-corrected chi connectivity index (χ1v) is 38.7. The maximum atomic E-state index is 14.1. The molecule has 4 fully saturated rings. The van der Waals surface area contributed by atoms with Gasteiger partial charge in [-0.3, -0.25) is 24.0 Å². The van der Waals surface area contributed by atoms with Crippen LogP contribution in [0.15, 0.2) is 192 Å². The Bertz CT molecular complexity index is 4940. The molecule has 108 heavy (non-hydrogen) atoms. The Morgan fingerprint density at radius 3 is 1.47 bits per heavy atom. The first-order chi connectivity index (χ1) is 51.5. The summed E-state index contributed by atoms with van der Waals surface area (Å²) in [5.74, 6) is -1.40. The van der Waals surface area contributed by atoms with Gasteiger partial charge in [-0.2, -0.15) is 0 Å². The van der Waals surface area contributed by atoms with Crippen molar-refractivity contribution in [3.05, 3.63) is 182 Å². The molecule has 2 saturated heterocycles. The molecule has 6 N–H and O–H groups in total. The summed E-state index contributed by atoms with van der Waals surface area (Å²) in [5, 5.41) is 13.9. The number of aromatic nitrogens is 2. The van der Waals surface area contributed by atoms with Crippen molar-refractivity contribution in [2.75, 3.05) is 40.5 Å². The maximum absolute atomic E-state index is 14.1. The topological polar surface area (TPSA) is 341 Å². The van der Waals surface area contributed by atoms with Crippen LogP contribution in [0.2, 0.25) is 0 Å². The van der Waals surface area contributed by atoms with Crippen molar-refractivity contribution in [2.24, 2.45) is 17.6 Å². The van der Waals surface area contributed by atoms with Crippen LogP contribution in [0.25, 0.3) is 44.3 Å². The normalized spacial score (nSPS) is 24.1. The van der Waals surface area contributed by atoms with Crippen LogP contribution in [0.5, 0.6) is 34.5 Å². The molecule has 2 aliphatic carbocycles. The fourth-order valence-corrected chi connectivity index (χ4v) is 16.2. The molecule has 14 rings (SSSR count). The van der Waals surface area contributed by atoms with E-state index in [0.717, 1.165) is 79.0 Å². The van der Waals surface area contributed by atoms with Crippen molar-refractivity contribution in [1.82, 2.24) is 34.5 Å². The average Bonchev–Trinajstić information content (AvgIpc) is 1.57. The van der Waals surface area contributed by atoms with Crippen LogP contribution < -0.4 is 48.9 Å². The fourth-order valence-electron chi connectivity index (χ4n) is 13.8. The van der Waals surface area contributed by atoms with Gasteiger partial charge in [-0.1, -0.05) is 109 Å². The second-order valence-electron chi connectivity index (χ2n) is 27.3. The minimum absolute atomic E-state index is 0. The minimum Gasteiger partial charge on any atom is -0.497 e. The van der Waals surface area contributed by atoms with Crippen molar-refractivity contribution < 1.29 is 79.1 Å². The third-order valence-electron chi connectivity index (χ3n) is 19.9. The molecule has 568 valence electrons. The highest BCUT2D eigenvalue weighted by Gasteiger charge is 2.62. The molecular formula is C80H87ClN8O17S2. The number of allylic oxidation sites excluding steroid dienone is 2. The van der Waals surface area contributed by atoms with Gasteiger partial charge in [-0.25, -0.2) is 41.0 Å². The van der Waals surface area contributed by atoms with Crippen LogP contribution in [0, 0.1) is 11.8 Å². The number of fused-ring (bicyclic) bond motifs is 6. The number of nitrogens with two attached hydrogens (primary N) is 1. The molecule has 2 aromatic heterocycles. The number of carboxylic acids is 1. The Kier molecular flexibility index (Phi) is 24.8. The van der Waals surface area contributed by atoms with Crippen LogP contribution in [0.1, 0.15) is 90.9 Å². The SMILES string of the molecule is COc1ccc2c(O[C@@H]3C[C@@H](C(=O)N[C@]45C[C@H]4/C=C/CCCCCOc4ccccc4S(=O)(=O)NC5=O)N(C(C)=O)C3)cc(-c3ccccc3)nc2c1.COc1ccc2c(O[C@@H]3C[C@@H](C(=O)O)N(C(C)=O)C3)cc(-c3ccccc3)nc2c1.Cl.N[C@]12C[C@H]1/C=C/CCCCCOc1ccccc1S(=O)(=O)NC2=O. The van der Waals surface area contributed by atoms with E-state index in [9.17, 15) is 50.7 Å². The van der Waals surface area contributed by atoms with Crippen LogP contribution in [-0.4, -0.2) is 153 Å². The van der Waals surface area contributed by atoms with E-state index < -0.39 is 85.0 Å². The molecule has 8 aromatic rings.